The number of hydrogen-bond donors (Lipinski definition) is 0. The van der Waals surface area contributed by atoms with E-state index in [1.165, 1.54) is 15.0 Å². The minimum atomic E-state index is -0.107. The molecule has 102 valence electrons. The molecule has 0 bridgehead atoms. The quantitative estimate of drug-likeness (QED) is 0.487. The molecule has 0 radical (unpaired) electrons. The van der Waals surface area contributed by atoms with Crippen molar-refractivity contribution in [2.45, 2.75) is 18.7 Å². The Kier molecular flexibility index (Phi) is 3.65. The van der Waals surface area contributed by atoms with Gasteiger partial charge in [-0.05, 0) is 48.1 Å². The number of thiophene rings is 1. The summed E-state index contributed by atoms with van der Waals surface area (Å²) in [7, 11) is 0. The number of fused-ring (bicyclic) bond motifs is 1. The van der Waals surface area contributed by atoms with Gasteiger partial charge in [-0.1, -0.05) is 46.3 Å². The molecule has 0 amide bonds. The molecule has 2 aromatic carbocycles. The standard InChI is InChI=1S/C17H14BrFS/c1-10-7-13(8-11(2)17(10)19)16(18)15-9-12-5-3-4-6-14(12)20-15/h3-9,16H,1-2H3. The van der Waals surface area contributed by atoms with Gasteiger partial charge in [-0.15, -0.1) is 11.3 Å². The van der Waals surface area contributed by atoms with Crippen molar-refractivity contribution in [1.82, 2.24) is 0 Å². The van der Waals surface area contributed by atoms with Gasteiger partial charge in [-0.25, -0.2) is 4.39 Å². The SMILES string of the molecule is Cc1cc(C(Br)c2cc3ccccc3s2)cc(C)c1F. The molecule has 0 N–H and O–H groups in total. The zero-order valence-corrected chi connectivity index (χ0v) is 13.7. The van der Waals surface area contributed by atoms with Crippen molar-refractivity contribution in [2.75, 3.05) is 0 Å². The summed E-state index contributed by atoms with van der Waals surface area (Å²) in [5.41, 5.74) is 2.50. The van der Waals surface area contributed by atoms with Gasteiger partial charge >= 0.3 is 0 Å². The number of alkyl halides is 1. The van der Waals surface area contributed by atoms with Crippen LogP contribution in [0.4, 0.5) is 4.39 Å². The van der Waals surface area contributed by atoms with Gasteiger partial charge in [0.1, 0.15) is 5.82 Å². The molecular weight excluding hydrogens is 335 g/mol. The normalized spacial score (nSPS) is 12.8. The topological polar surface area (TPSA) is 0 Å². The van der Waals surface area contributed by atoms with Crippen LogP contribution in [0.1, 0.15) is 26.4 Å². The van der Waals surface area contributed by atoms with Crippen LogP contribution >= 0.6 is 27.3 Å². The highest BCUT2D eigenvalue weighted by atomic mass is 79.9. The summed E-state index contributed by atoms with van der Waals surface area (Å²) in [5.74, 6) is -0.107. The van der Waals surface area contributed by atoms with E-state index in [-0.39, 0.29) is 10.6 Å². The van der Waals surface area contributed by atoms with Gasteiger partial charge < -0.3 is 0 Å². The summed E-state index contributed by atoms with van der Waals surface area (Å²) in [6.45, 7) is 3.63. The summed E-state index contributed by atoms with van der Waals surface area (Å²) in [4.78, 5) is 1.36. The highest BCUT2D eigenvalue weighted by Gasteiger charge is 2.16. The Morgan fingerprint density at radius 3 is 2.35 bits per heavy atom. The van der Waals surface area contributed by atoms with Gasteiger partial charge in [0.15, 0.2) is 0 Å². The smallest absolute Gasteiger partial charge is 0.129 e. The maximum atomic E-state index is 13.7. The molecule has 0 saturated heterocycles. The van der Waals surface area contributed by atoms with E-state index in [0.29, 0.717) is 11.1 Å². The minimum absolute atomic E-state index is 0.107. The molecule has 0 aliphatic heterocycles. The van der Waals surface area contributed by atoms with E-state index < -0.39 is 0 Å². The first-order valence-corrected chi connectivity index (χ1v) is 8.18. The van der Waals surface area contributed by atoms with Crippen LogP contribution in [0.2, 0.25) is 0 Å². The lowest BCUT2D eigenvalue weighted by Crippen LogP contribution is -1.95. The van der Waals surface area contributed by atoms with Gasteiger partial charge in [0.05, 0.1) is 4.83 Å². The molecule has 0 saturated carbocycles. The van der Waals surface area contributed by atoms with Crippen LogP contribution in [-0.4, -0.2) is 0 Å². The molecule has 3 aromatic rings. The molecule has 0 aliphatic carbocycles. The highest BCUT2D eigenvalue weighted by molar-refractivity contribution is 9.09. The molecule has 0 fully saturated rings. The Balaban J connectivity index is 2.05. The van der Waals surface area contributed by atoms with Crippen LogP contribution in [0.3, 0.4) is 0 Å². The van der Waals surface area contributed by atoms with E-state index in [9.17, 15) is 4.39 Å². The Hall–Kier alpha value is -1.19. The predicted molar refractivity (Wildman–Crippen MR) is 88.5 cm³/mol. The van der Waals surface area contributed by atoms with Crippen molar-refractivity contribution in [3.8, 4) is 0 Å². The molecule has 3 rings (SSSR count). The number of benzene rings is 2. The lowest BCUT2D eigenvalue weighted by Gasteiger charge is -2.11. The van der Waals surface area contributed by atoms with Crippen molar-refractivity contribution in [1.29, 1.82) is 0 Å². The maximum Gasteiger partial charge on any atom is 0.129 e. The maximum absolute atomic E-state index is 13.7. The number of aryl methyl sites for hydroxylation is 2. The van der Waals surface area contributed by atoms with Crippen molar-refractivity contribution in [3.05, 3.63) is 69.8 Å². The van der Waals surface area contributed by atoms with E-state index in [1.54, 1.807) is 11.3 Å². The summed E-state index contributed by atoms with van der Waals surface area (Å²) >= 11 is 5.53. The number of rotatable bonds is 2. The van der Waals surface area contributed by atoms with E-state index in [4.69, 9.17) is 0 Å². The molecule has 3 heteroatoms. The van der Waals surface area contributed by atoms with Crippen LogP contribution < -0.4 is 0 Å². The van der Waals surface area contributed by atoms with Crippen LogP contribution in [0.5, 0.6) is 0 Å². The van der Waals surface area contributed by atoms with Crippen LogP contribution in [0.25, 0.3) is 10.1 Å². The molecule has 1 unspecified atom stereocenters. The van der Waals surface area contributed by atoms with Crippen LogP contribution in [0, 0.1) is 19.7 Å². The first kappa shape index (κ1) is 13.8. The Labute approximate surface area is 130 Å². The third-order valence-corrected chi connectivity index (χ3v) is 5.95. The molecular formula is C17H14BrFS. The highest BCUT2D eigenvalue weighted by Crippen LogP contribution is 2.39. The molecule has 0 aliphatic rings. The average Bonchev–Trinajstić information content (AvgIpc) is 2.87. The third kappa shape index (κ3) is 2.40. The summed E-state index contributed by atoms with van der Waals surface area (Å²) in [5, 5.41) is 1.26. The molecule has 1 aromatic heterocycles. The fourth-order valence-corrected chi connectivity index (χ4v) is 4.16. The van der Waals surface area contributed by atoms with E-state index in [2.05, 4.69) is 40.2 Å². The second kappa shape index (κ2) is 5.30. The van der Waals surface area contributed by atoms with Crippen LogP contribution in [0.15, 0.2) is 42.5 Å². The Morgan fingerprint density at radius 1 is 1.05 bits per heavy atom. The fraction of sp³-hybridized carbons (Fsp3) is 0.176. The van der Waals surface area contributed by atoms with Gasteiger partial charge in [0, 0.05) is 9.58 Å². The van der Waals surface area contributed by atoms with Crippen molar-refractivity contribution >= 4 is 37.4 Å². The van der Waals surface area contributed by atoms with Gasteiger partial charge in [0.2, 0.25) is 0 Å². The average molecular weight is 349 g/mol. The predicted octanol–water partition coefficient (Wildman–Crippen LogP) is 6.14. The van der Waals surface area contributed by atoms with Crippen molar-refractivity contribution in [3.63, 3.8) is 0 Å². The molecule has 1 atom stereocenters. The first-order chi connectivity index (χ1) is 9.56. The molecule has 0 nitrogen and oxygen atoms in total. The van der Waals surface area contributed by atoms with Crippen LogP contribution in [-0.2, 0) is 0 Å². The van der Waals surface area contributed by atoms with Gasteiger partial charge in [-0.3, -0.25) is 0 Å². The monoisotopic (exact) mass is 348 g/mol. The first-order valence-electron chi connectivity index (χ1n) is 6.45. The summed E-state index contributed by atoms with van der Waals surface area (Å²) in [6, 6.07) is 14.4. The van der Waals surface area contributed by atoms with Gasteiger partial charge in [0.25, 0.3) is 0 Å². The fourth-order valence-electron chi connectivity index (χ4n) is 2.42. The Bertz CT molecular complexity index is 720. The van der Waals surface area contributed by atoms with E-state index in [1.807, 2.05) is 32.0 Å². The van der Waals surface area contributed by atoms with E-state index in [0.717, 1.165) is 5.56 Å². The summed E-state index contributed by atoms with van der Waals surface area (Å²) < 4.78 is 15.0. The molecule has 1 heterocycles. The molecule has 20 heavy (non-hydrogen) atoms. The van der Waals surface area contributed by atoms with Crippen molar-refractivity contribution < 1.29 is 4.39 Å². The zero-order chi connectivity index (χ0) is 14.3. The van der Waals surface area contributed by atoms with E-state index >= 15 is 0 Å². The number of halogens is 2. The molecule has 0 spiro atoms. The third-order valence-electron chi connectivity index (χ3n) is 3.45. The second-order valence-corrected chi connectivity index (χ2v) is 7.05. The Morgan fingerprint density at radius 2 is 1.70 bits per heavy atom. The lowest BCUT2D eigenvalue weighted by atomic mass is 10.0. The zero-order valence-electron chi connectivity index (χ0n) is 11.3. The second-order valence-electron chi connectivity index (χ2n) is 5.02. The van der Waals surface area contributed by atoms with Gasteiger partial charge in [-0.2, -0.15) is 0 Å². The summed E-state index contributed by atoms with van der Waals surface area (Å²) in [6.07, 6.45) is 0. The van der Waals surface area contributed by atoms with Crippen molar-refractivity contribution in [2.24, 2.45) is 0 Å². The number of hydrogen-bond acceptors (Lipinski definition) is 1. The lowest BCUT2D eigenvalue weighted by molar-refractivity contribution is 0.608. The minimum Gasteiger partial charge on any atom is -0.206 e. The largest absolute Gasteiger partial charge is 0.206 e.